The number of thioether (sulfide) groups is 1. The quantitative estimate of drug-likeness (QED) is 0.679. The number of allylic oxidation sites excluding steroid dienone is 1. The molecule has 7 nitrogen and oxygen atoms in total. The number of aromatic nitrogens is 4. The van der Waals surface area contributed by atoms with E-state index in [1.807, 2.05) is 25.3 Å². The first-order valence-electron chi connectivity index (χ1n) is 7.21. The molecule has 1 atom stereocenters. The second-order valence-electron chi connectivity index (χ2n) is 4.93. The van der Waals surface area contributed by atoms with Crippen molar-refractivity contribution in [3.63, 3.8) is 0 Å². The number of pyridine rings is 1. The largest absolute Gasteiger partial charge is 0.463 e. The summed E-state index contributed by atoms with van der Waals surface area (Å²) in [5.41, 5.74) is 2.16. The molecule has 120 valence electrons. The van der Waals surface area contributed by atoms with Gasteiger partial charge in [-0.25, -0.2) is 9.48 Å². The first-order valence-corrected chi connectivity index (χ1v) is 8.43. The Hall–Kier alpha value is -2.35. The third kappa shape index (κ3) is 2.81. The third-order valence-corrected chi connectivity index (χ3v) is 4.07. The van der Waals surface area contributed by atoms with Gasteiger partial charge in [-0.2, -0.15) is 4.98 Å². The third-order valence-electron chi connectivity index (χ3n) is 3.53. The maximum atomic E-state index is 12.5. The van der Waals surface area contributed by atoms with Gasteiger partial charge < -0.3 is 10.1 Å². The first kappa shape index (κ1) is 15.5. The summed E-state index contributed by atoms with van der Waals surface area (Å²) in [6.45, 7) is 3.95. The maximum absolute atomic E-state index is 12.5. The Kier molecular flexibility index (Phi) is 4.33. The van der Waals surface area contributed by atoms with Crippen molar-refractivity contribution in [1.82, 2.24) is 19.7 Å². The van der Waals surface area contributed by atoms with Crippen LogP contribution in [-0.4, -0.2) is 38.6 Å². The molecule has 0 aliphatic carbocycles. The molecule has 1 aliphatic rings. The molecule has 3 rings (SSSR count). The van der Waals surface area contributed by atoms with E-state index < -0.39 is 0 Å². The van der Waals surface area contributed by atoms with Crippen LogP contribution in [0, 0.1) is 0 Å². The van der Waals surface area contributed by atoms with E-state index in [-0.39, 0.29) is 12.0 Å². The van der Waals surface area contributed by atoms with E-state index in [4.69, 9.17) is 4.74 Å². The molecule has 8 heteroatoms. The van der Waals surface area contributed by atoms with E-state index in [0.29, 0.717) is 23.3 Å². The first-order chi connectivity index (χ1) is 11.2. The second-order valence-corrected chi connectivity index (χ2v) is 5.71. The zero-order chi connectivity index (χ0) is 16.4. The molecule has 1 unspecified atom stereocenters. The number of nitrogens with zero attached hydrogens (tertiary/aromatic N) is 4. The summed E-state index contributed by atoms with van der Waals surface area (Å²) in [5.74, 6) is 0.257. The van der Waals surface area contributed by atoms with E-state index >= 15 is 0 Å². The number of nitrogens with one attached hydrogen (secondary N) is 1. The highest BCUT2D eigenvalue weighted by atomic mass is 32.2. The van der Waals surface area contributed by atoms with Crippen LogP contribution in [0.1, 0.15) is 25.5 Å². The highest BCUT2D eigenvalue weighted by Gasteiger charge is 2.34. The van der Waals surface area contributed by atoms with Crippen molar-refractivity contribution in [3.05, 3.63) is 41.4 Å². The van der Waals surface area contributed by atoms with Crippen LogP contribution < -0.4 is 5.32 Å². The zero-order valence-corrected chi connectivity index (χ0v) is 13.9. The fourth-order valence-corrected chi connectivity index (χ4v) is 2.89. The van der Waals surface area contributed by atoms with Crippen LogP contribution in [0.3, 0.4) is 0 Å². The Morgan fingerprint density at radius 2 is 2.17 bits per heavy atom. The average molecular weight is 331 g/mol. The molecular formula is C15H17N5O2S. The highest BCUT2D eigenvalue weighted by Crippen LogP contribution is 2.36. The Balaban J connectivity index is 2.15. The van der Waals surface area contributed by atoms with Gasteiger partial charge in [0.05, 0.1) is 12.2 Å². The van der Waals surface area contributed by atoms with Crippen molar-refractivity contribution in [3.8, 4) is 0 Å². The summed E-state index contributed by atoms with van der Waals surface area (Å²) in [6.07, 6.45) is 5.30. The summed E-state index contributed by atoms with van der Waals surface area (Å²) in [4.78, 5) is 21.0. The predicted molar refractivity (Wildman–Crippen MR) is 87.1 cm³/mol. The van der Waals surface area contributed by atoms with Gasteiger partial charge in [-0.15, -0.1) is 5.10 Å². The van der Waals surface area contributed by atoms with Gasteiger partial charge >= 0.3 is 5.97 Å². The summed E-state index contributed by atoms with van der Waals surface area (Å²) in [5, 5.41) is 8.28. The summed E-state index contributed by atoms with van der Waals surface area (Å²) in [7, 11) is 0. The summed E-state index contributed by atoms with van der Waals surface area (Å²) < 4.78 is 6.96. The molecule has 3 heterocycles. The molecule has 1 aliphatic heterocycles. The molecule has 0 amide bonds. The Labute approximate surface area is 138 Å². The standard InChI is InChI=1S/C15H17N5O2S/c1-4-22-13(21)11-9(2)17-14-18-15(23-3)19-20(14)12(11)10-5-7-16-8-6-10/h5-8,12H,4H2,1-3H3,(H,17,18,19). The number of carbonyl (C=O) groups excluding carboxylic acids is 1. The summed E-state index contributed by atoms with van der Waals surface area (Å²) >= 11 is 1.45. The van der Waals surface area contributed by atoms with Gasteiger partial charge in [0.25, 0.3) is 0 Å². The number of anilines is 1. The molecule has 2 aromatic rings. The van der Waals surface area contributed by atoms with Crippen molar-refractivity contribution < 1.29 is 9.53 Å². The molecule has 0 radical (unpaired) electrons. The van der Waals surface area contributed by atoms with Crippen LogP contribution >= 0.6 is 11.8 Å². The van der Waals surface area contributed by atoms with Gasteiger partial charge in [-0.1, -0.05) is 11.8 Å². The number of rotatable bonds is 4. The van der Waals surface area contributed by atoms with Crippen molar-refractivity contribution >= 4 is 23.7 Å². The Morgan fingerprint density at radius 3 is 2.83 bits per heavy atom. The second kappa shape index (κ2) is 6.41. The van der Waals surface area contributed by atoms with Crippen LogP contribution in [0.15, 0.2) is 41.0 Å². The monoisotopic (exact) mass is 331 g/mol. The number of esters is 1. The summed E-state index contributed by atoms with van der Waals surface area (Å²) in [6, 6.07) is 3.35. The lowest BCUT2D eigenvalue weighted by molar-refractivity contribution is -0.139. The molecule has 0 saturated heterocycles. The minimum absolute atomic E-state index is 0.318. The topological polar surface area (TPSA) is 81.9 Å². The average Bonchev–Trinajstić information content (AvgIpc) is 2.97. The highest BCUT2D eigenvalue weighted by molar-refractivity contribution is 7.98. The normalized spacial score (nSPS) is 16.7. The van der Waals surface area contributed by atoms with Crippen LogP contribution in [0.5, 0.6) is 0 Å². The minimum atomic E-state index is -0.387. The van der Waals surface area contributed by atoms with Gasteiger partial charge in [-0.3, -0.25) is 4.98 Å². The Bertz CT molecular complexity index is 756. The van der Waals surface area contributed by atoms with Crippen LogP contribution in [-0.2, 0) is 9.53 Å². The lowest BCUT2D eigenvalue weighted by Crippen LogP contribution is -2.29. The lowest BCUT2D eigenvalue weighted by atomic mass is 9.97. The zero-order valence-electron chi connectivity index (χ0n) is 13.1. The SMILES string of the molecule is CCOC(=O)C1=C(C)Nc2nc(SC)nn2C1c1ccncc1. The van der Waals surface area contributed by atoms with E-state index in [1.165, 1.54) is 11.8 Å². The van der Waals surface area contributed by atoms with E-state index in [9.17, 15) is 4.79 Å². The molecule has 2 aromatic heterocycles. The van der Waals surface area contributed by atoms with Crippen molar-refractivity contribution in [2.75, 3.05) is 18.2 Å². The maximum Gasteiger partial charge on any atom is 0.338 e. The number of ether oxygens (including phenoxy) is 1. The van der Waals surface area contributed by atoms with Crippen LogP contribution in [0.2, 0.25) is 0 Å². The molecule has 1 N–H and O–H groups in total. The van der Waals surface area contributed by atoms with Gasteiger partial charge in [0.2, 0.25) is 11.1 Å². The van der Waals surface area contributed by atoms with Crippen molar-refractivity contribution in [2.45, 2.75) is 25.0 Å². The van der Waals surface area contributed by atoms with Crippen LogP contribution in [0.4, 0.5) is 5.95 Å². The van der Waals surface area contributed by atoms with E-state index in [0.717, 1.165) is 11.3 Å². The molecule has 0 spiro atoms. The van der Waals surface area contributed by atoms with Gasteiger partial charge in [0.15, 0.2) is 0 Å². The van der Waals surface area contributed by atoms with Crippen molar-refractivity contribution in [1.29, 1.82) is 0 Å². The predicted octanol–water partition coefficient (Wildman–Crippen LogP) is 2.25. The van der Waals surface area contributed by atoms with Crippen LogP contribution in [0.25, 0.3) is 0 Å². The van der Waals surface area contributed by atoms with E-state index in [1.54, 1.807) is 24.0 Å². The molecule has 0 bridgehead atoms. The van der Waals surface area contributed by atoms with Gasteiger partial charge in [0.1, 0.15) is 6.04 Å². The molecule has 0 fully saturated rings. The number of hydrogen-bond donors (Lipinski definition) is 1. The fraction of sp³-hybridized carbons (Fsp3) is 0.333. The Morgan fingerprint density at radius 1 is 1.43 bits per heavy atom. The molecular weight excluding hydrogens is 314 g/mol. The molecule has 23 heavy (non-hydrogen) atoms. The minimum Gasteiger partial charge on any atom is -0.463 e. The number of fused-ring (bicyclic) bond motifs is 1. The number of carbonyl (C=O) groups is 1. The lowest BCUT2D eigenvalue weighted by Gasteiger charge is -2.27. The van der Waals surface area contributed by atoms with Crippen molar-refractivity contribution in [2.24, 2.45) is 0 Å². The van der Waals surface area contributed by atoms with Gasteiger partial charge in [-0.05, 0) is 37.8 Å². The molecule has 0 saturated carbocycles. The van der Waals surface area contributed by atoms with Gasteiger partial charge in [0, 0.05) is 18.1 Å². The fourth-order valence-electron chi connectivity index (χ4n) is 2.54. The smallest absolute Gasteiger partial charge is 0.338 e. The number of hydrogen-bond acceptors (Lipinski definition) is 7. The van der Waals surface area contributed by atoms with E-state index in [2.05, 4.69) is 20.4 Å². The molecule has 0 aromatic carbocycles.